The number of thiazole rings is 1. The highest BCUT2D eigenvalue weighted by Crippen LogP contribution is 2.25. The van der Waals surface area contributed by atoms with E-state index in [9.17, 15) is 9.18 Å². The lowest BCUT2D eigenvalue weighted by atomic mass is 10.2. The summed E-state index contributed by atoms with van der Waals surface area (Å²) in [5.41, 5.74) is 0.291. The smallest absolute Gasteiger partial charge is 0.347 e. The van der Waals surface area contributed by atoms with Crippen molar-refractivity contribution in [2.75, 3.05) is 0 Å². The van der Waals surface area contributed by atoms with Crippen LogP contribution >= 0.6 is 11.3 Å². The van der Waals surface area contributed by atoms with Crippen LogP contribution in [0.25, 0.3) is 16.3 Å². The molecule has 0 aliphatic carbocycles. The molecule has 0 amide bonds. The number of nitrogens with zero attached hydrogens (tertiary/aromatic N) is 3. The quantitative estimate of drug-likeness (QED) is 0.770. The molecular weight excluding hydrogens is 257 g/mol. The summed E-state index contributed by atoms with van der Waals surface area (Å²) in [6, 6.07) is 6.15. The third-order valence-corrected chi connectivity index (χ3v) is 3.40. The number of rotatable bonds is 2. The van der Waals surface area contributed by atoms with Gasteiger partial charge in [-0.1, -0.05) is 23.5 Å². The molecule has 3 rings (SSSR count). The highest BCUT2D eigenvalue weighted by Gasteiger charge is 2.16. The molecule has 5 nitrogen and oxygen atoms in total. The molecule has 0 radical (unpaired) electrons. The van der Waals surface area contributed by atoms with Gasteiger partial charge in [-0.05, 0) is 12.1 Å². The number of hydrogen-bond acceptors (Lipinski definition) is 4. The van der Waals surface area contributed by atoms with Gasteiger partial charge >= 0.3 is 5.97 Å². The number of aromatic nitrogens is 3. The van der Waals surface area contributed by atoms with E-state index in [4.69, 9.17) is 5.11 Å². The van der Waals surface area contributed by atoms with E-state index in [0.717, 1.165) is 11.3 Å². The monoisotopic (exact) mass is 263 g/mol. The van der Waals surface area contributed by atoms with Crippen molar-refractivity contribution in [2.45, 2.75) is 0 Å². The number of carbonyl (C=O) groups is 1. The molecule has 1 N–H and O–H groups in total. The molecule has 18 heavy (non-hydrogen) atoms. The number of aromatic carboxylic acids is 1. The van der Waals surface area contributed by atoms with Gasteiger partial charge < -0.3 is 5.11 Å². The lowest BCUT2D eigenvalue weighted by Crippen LogP contribution is -1.93. The number of hydrogen-bond donors (Lipinski definition) is 1. The van der Waals surface area contributed by atoms with Gasteiger partial charge in [-0.15, -0.1) is 10.2 Å². The van der Waals surface area contributed by atoms with Crippen LogP contribution in [0.5, 0.6) is 0 Å². The van der Waals surface area contributed by atoms with Gasteiger partial charge in [0.25, 0.3) is 0 Å². The number of carboxylic acids is 1. The molecule has 0 fully saturated rings. The van der Waals surface area contributed by atoms with E-state index in [1.54, 1.807) is 18.2 Å². The fourth-order valence-corrected chi connectivity index (χ4v) is 2.39. The summed E-state index contributed by atoms with van der Waals surface area (Å²) in [7, 11) is 0. The molecule has 0 aliphatic rings. The van der Waals surface area contributed by atoms with Crippen molar-refractivity contribution in [1.82, 2.24) is 14.6 Å². The van der Waals surface area contributed by atoms with Crippen LogP contribution in [0.3, 0.4) is 0 Å². The summed E-state index contributed by atoms with van der Waals surface area (Å²) >= 11 is 0.994. The zero-order valence-corrected chi connectivity index (χ0v) is 9.69. The maximum atomic E-state index is 13.7. The second-order valence-electron chi connectivity index (χ2n) is 3.56. The van der Waals surface area contributed by atoms with Crippen molar-refractivity contribution in [3.63, 3.8) is 0 Å². The predicted molar refractivity (Wildman–Crippen MR) is 63.2 cm³/mol. The summed E-state index contributed by atoms with van der Waals surface area (Å²) in [5.74, 6) is -1.16. The molecule has 0 saturated heterocycles. The molecule has 7 heteroatoms. The summed E-state index contributed by atoms with van der Waals surface area (Å²) in [6.45, 7) is 0. The molecule has 0 spiro atoms. The standard InChI is InChI=1S/C11H6FN3O2S/c12-7-4-2-1-3-6(7)9-13-14-11-15(9)5-8(18-11)10(16)17/h1-5H,(H,16,17). The largest absolute Gasteiger partial charge is 0.477 e. The molecule has 0 unspecified atom stereocenters. The Morgan fingerprint density at radius 1 is 1.33 bits per heavy atom. The topological polar surface area (TPSA) is 67.5 Å². The van der Waals surface area contributed by atoms with Crippen LogP contribution in [0.4, 0.5) is 4.39 Å². The minimum Gasteiger partial charge on any atom is -0.477 e. The van der Waals surface area contributed by atoms with Crippen molar-refractivity contribution in [3.05, 3.63) is 41.2 Å². The molecule has 2 heterocycles. The van der Waals surface area contributed by atoms with E-state index in [0.29, 0.717) is 16.3 Å². The molecular formula is C11H6FN3O2S. The van der Waals surface area contributed by atoms with Crippen molar-refractivity contribution in [1.29, 1.82) is 0 Å². The first-order chi connectivity index (χ1) is 8.66. The Hall–Kier alpha value is -2.28. The van der Waals surface area contributed by atoms with Crippen LogP contribution < -0.4 is 0 Å². The highest BCUT2D eigenvalue weighted by molar-refractivity contribution is 7.18. The first-order valence-electron chi connectivity index (χ1n) is 4.99. The average molecular weight is 263 g/mol. The Morgan fingerprint density at radius 3 is 2.83 bits per heavy atom. The summed E-state index contributed by atoms with van der Waals surface area (Å²) in [5, 5.41) is 16.6. The first-order valence-corrected chi connectivity index (χ1v) is 5.81. The van der Waals surface area contributed by atoms with Crippen LogP contribution in [0, 0.1) is 5.82 Å². The number of carboxylic acid groups (broad SMARTS) is 1. The Labute approximate surface area is 104 Å². The van der Waals surface area contributed by atoms with Crippen molar-refractivity contribution >= 4 is 22.3 Å². The van der Waals surface area contributed by atoms with E-state index >= 15 is 0 Å². The second kappa shape index (κ2) is 3.88. The molecule has 1 aromatic carbocycles. The van der Waals surface area contributed by atoms with Gasteiger partial charge in [-0.2, -0.15) is 0 Å². The lowest BCUT2D eigenvalue weighted by Gasteiger charge is -1.98. The van der Waals surface area contributed by atoms with E-state index in [2.05, 4.69) is 10.2 Å². The number of benzene rings is 1. The fourth-order valence-electron chi connectivity index (χ4n) is 1.63. The van der Waals surface area contributed by atoms with Crippen LogP contribution in [0.2, 0.25) is 0 Å². The first kappa shape index (κ1) is 10.8. The minimum absolute atomic E-state index is 0.137. The van der Waals surface area contributed by atoms with Gasteiger partial charge in [0.1, 0.15) is 10.7 Å². The Morgan fingerprint density at radius 2 is 2.11 bits per heavy atom. The molecule has 90 valence electrons. The molecule has 2 aromatic heterocycles. The Kier molecular flexibility index (Phi) is 2.34. The fraction of sp³-hybridized carbons (Fsp3) is 0. The van der Waals surface area contributed by atoms with Crippen molar-refractivity contribution in [3.8, 4) is 11.4 Å². The zero-order chi connectivity index (χ0) is 12.7. The van der Waals surface area contributed by atoms with E-state index in [1.807, 2.05) is 0 Å². The molecule has 3 aromatic rings. The zero-order valence-electron chi connectivity index (χ0n) is 8.87. The van der Waals surface area contributed by atoms with E-state index < -0.39 is 11.8 Å². The van der Waals surface area contributed by atoms with Gasteiger partial charge in [0.2, 0.25) is 4.96 Å². The second-order valence-corrected chi connectivity index (χ2v) is 4.57. The summed E-state index contributed by atoms with van der Waals surface area (Å²) in [4.78, 5) is 11.4. The molecule has 0 bridgehead atoms. The maximum Gasteiger partial charge on any atom is 0.347 e. The van der Waals surface area contributed by atoms with Crippen LogP contribution in [-0.2, 0) is 0 Å². The van der Waals surface area contributed by atoms with Crippen LogP contribution in [0.15, 0.2) is 30.5 Å². The van der Waals surface area contributed by atoms with Gasteiger partial charge in [0, 0.05) is 6.20 Å². The Bertz CT molecular complexity index is 750. The van der Waals surface area contributed by atoms with Gasteiger partial charge in [0.15, 0.2) is 5.82 Å². The van der Waals surface area contributed by atoms with Crippen LogP contribution in [0.1, 0.15) is 9.67 Å². The van der Waals surface area contributed by atoms with Crippen LogP contribution in [-0.4, -0.2) is 25.7 Å². The van der Waals surface area contributed by atoms with Gasteiger partial charge in [0.05, 0.1) is 5.56 Å². The number of halogens is 1. The third-order valence-electron chi connectivity index (χ3n) is 2.44. The van der Waals surface area contributed by atoms with E-state index in [1.165, 1.54) is 16.7 Å². The van der Waals surface area contributed by atoms with Crippen molar-refractivity contribution in [2.24, 2.45) is 0 Å². The predicted octanol–water partition coefficient (Wildman–Crippen LogP) is 2.30. The maximum absolute atomic E-state index is 13.7. The summed E-state index contributed by atoms with van der Waals surface area (Å²) < 4.78 is 15.1. The molecule has 0 saturated carbocycles. The SMILES string of the molecule is O=C(O)c1cn2c(-c3ccccc3F)nnc2s1. The van der Waals surface area contributed by atoms with Gasteiger partial charge in [-0.3, -0.25) is 4.40 Å². The Balaban J connectivity index is 2.24. The number of fused-ring (bicyclic) bond motifs is 1. The molecule has 0 atom stereocenters. The summed E-state index contributed by atoms with van der Waals surface area (Å²) in [6.07, 6.45) is 1.39. The average Bonchev–Trinajstić information content (AvgIpc) is 2.89. The van der Waals surface area contributed by atoms with Crippen molar-refractivity contribution < 1.29 is 14.3 Å². The van der Waals surface area contributed by atoms with E-state index in [-0.39, 0.29) is 4.88 Å². The normalized spacial score (nSPS) is 10.9. The third kappa shape index (κ3) is 1.56. The lowest BCUT2D eigenvalue weighted by molar-refractivity contribution is 0.0702. The highest BCUT2D eigenvalue weighted by atomic mass is 32.1. The minimum atomic E-state index is -1.04. The van der Waals surface area contributed by atoms with Gasteiger partial charge in [-0.25, -0.2) is 9.18 Å². The molecule has 0 aliphatic heterocycles.